The molecular weight excluding hydrogens is 314 g/mol. The average Bonchev–Trinajstić information content (AvgIpc) is 2.61. The summed E-state index contributed by atoms with van der Waals surface area (Å²) in [6.07, 6.45) is 0. The molecule has 24 heavy (non-hydrogen) atoms. The molecule has 0 saturated carbocycles. The van der Waals surface area contributed by atoms with Crippen LogP contribution in [0.5, 0.6) is 23.1 Å². The van der Waals surface area contributed by atoms with Crippen LogP contribution in [0.2, 0.25) is 0 Å². The fraction of sp³-hybridized carbons (Fsp3) is 0.250. The molecule has 8 heteroatoms. The summed E-state index contributed by atoms with van der Waals surface area (Å²) in [7, 11) is 5.78. The highest BCUT2D eigenvalue weighted by molar-refractivity contribution is 5.86. The number of ether oxygens (including phenoxy) is 4. The van der Waals surface area contributed by atoms with Crippen molar-refractivity contribution in [2.45, 2.75) is 0 Å². The highest BCUT2D eigenvalue weighted by Crippen LogP contribution is 2.43. The van der Waals surface area contributed by atoms with Gasteiger partial charge >= 0.3 is 0 Å². The van der Waals surface area contributed by atoms with Gasteiger partial charge in [-0.15, -0.1) is 0 Å². The number of anilines is 1. The molecule has 0 unspecified atom stereocenters. The van der Waals surface area contributed by atoms with Gasteiger partial charge in [0, 0.05) is 5.56 Å². The lowest BCUT2D eigenvalue weighted by Crippen LogP contribution is -2.15. The van der Waals surface area contributed by atoms with Crippen molar-refractivity contribution in [3.8, 4) is 40.3 Å². The van der Waals surface area contributed by atoms with Gasteiger partial charge in [-0.3, -0.25) is 9.78 Å². The van der Waals surface area contributed by atoms with Crippen LogP contribution >= 0.6 is 0 Å². The first kappa shape index (κ1) is 17.0. The first-order valence-electron chi connectivity index (χ1n) is 6.82. The number of benzene rings is 1. The number of nitriles is 1. The van der Waals surface area contributed by atoms with Crippen molar-refractivity contribution in [3.05, 3.63) is 28.0 Å². The van der Waals surface area contributed by atoms with Gasteiger partial charge in [-0.2, -0.15) is 5.26 Å². The Bertz CT molecular complexity index is 842. The van der Waals surface area contributed by atoms with E-state index in [-0.39, 0.29) is 22.7 Å². The fourth-order valence-corrected chi connectivity index (χ4v) is 2.39. The molecule has 0 fully saturated rings. The minimum Gasteiger partial charge on any atom is -0.493 e. The van der Waals surface area contributed by atoms with E-state index in [0.717, 1.165) is 0 Å². The summed E-state index contributed by atoms with van der Waals surface area (Å²) in [5.41, 5.74) is 6.15. The zero-order valence-electron chi connectivity index (χ0n) is 13.7. The Labute approximate surface area is 138 Å². The van der Waals surface area contributed by atoms with Crippen molar-refractivity contribution in [1.82, 2.24) is 4.98 Å². The number of nitrogens with zero attached hydrogens (tertiary/aromatic N) is 1. The third-order valence-electron chi connectivity index (χ3n) is 3.49. The van der Waals surface area contributed by atoms with Gasteiger partial charge < -0.3 is 24.7 Å². The maximum atomic E-state index is 12.1. The predicted octanol–water partition coefficient (Wildman–Crippen LogP) is 1.53. The summed E-state index contributed by atoms with van der Waals surface area (Å²) < 4.78 is 20.9. The largest absolute Gasteiger partial charge is 0.493 e. The van der Waals surface area contributed by atoms with E-state index in [4.69, 9.17) is 24.7 Å². The first-order chi connectivity index (χ1) is 11.5. The molecule has 2 aromatic rings. The third kappa shape index (κ3) is 2.67. The number of H-pyrrole nitrogens is 1. The topological polar surface area (TPSA) is 120 Å². The van der Waals surface area contributed by atoms with Gasteiger partial charge in [-0.25, -0.2) is 0 Å². The van der Waals surface area contributed by atoms with E-state index in [1.165, 1.54) is 28.4 Å². The molecule has 0 aliphatic carbocycles. The van der Waals surface area contributed by atoms with E-state index in [1.54, 1.807) is 12.1 Å². The van der Waals surface area contributed by atoms with E-state index in [0.29, 0.717) is 22.8 Å². The van der Waals surface area contributed by atoms with Crippen molar-refractivity contribution in [3.63, 3.8) is 0 Å². The summed E-state index contributed by atoms with van der Waals surface area (Å²) in [5, 5.41) is 9.35. The number of rotatable bonds is 5. The molecule has 2 rings (SSSR count). The molecule has 1 aromatic carbocycles. The molecule has 0 radical (unpaired) electrons. The number of nitrogens with one attached hydrogen (secondary N) is 1. The molecule has 3 N–H and O–H groups in total. The SMILES string of the molecule is COc1cc(-c2c(N)c(OC)[nH]c(=O)c2C#N)cc(OC)c1OC. The van der Waals surface area contributed by atoms with Gasteiger partial charge in [0.05, 0.1) is 28.4 Å². The molecule has 0 aliphatic heterocycles. The van der Waals surface area contributed by atoms with Crippen LogP contribution in [0.4, 0.5) is 5.69 Å². The van der Waals surface area contributed by atoms with Crippen LogP contribution in [-0.4, -0.2) is 33.4 Å². The summed E-state index contributed by atoms with van der Waals surface area (Å²) in [4.78, 5) is 14.5. The van der Waals surface area contributed by atoms with Crippen molar-refractivity contribution in [1.29, 1.82) is 5.26 Å². The minimum atomic E-state index is -0.604. The Hall–Kier alpha value is -3.34. The van der Waals surface area contributed by atoms with Crippen molar-refractivity contribution >= 4 is 5.69 Å². The fourth-order valence-electron chi connectivity index (χ4n) is 2.39. The quantitative estimate of drug-likeness (QED) is 0.852. The van der Waals surface area contributed by atoms with Gasteiger partial charge in [0.25, 0.3) is 5.56 Å². The van der Waals surface area contributed by atoms with Gasteiger partial charge in [-0.05, 0) is 17.7 Å². The van der Waals surface area contributed by atoms with Crippen molar-refractivity contribution in [2.24, 2.45) is 0 Å². The van der Waals surface area contributed by atoms with Gasteiger partial charge in [-0.1, -0.05) is 0 Å². The zero-order valence-corrected chi connectivity index (χ0v) is 13.7. The lowest BCUT2D eigenvalue weighted by atomic mass is 9.99. The van der Waals surface area contributed by atoms with Crippen LogP contribution < -0.4 is 30.2 Å². The average molecular weight is 331 g/mol. The molecule has 0 bridgehead atoms. The Morgan fingerprint density at radius 2 is 1.62 bits per heavy atom. The molecule has 0 spiro atoms. The molecule has 1 heterocycles. The Kier molecular flexibility index (Phi) is 4.84. The molecule has 126 valence electrons. The van der Waals surface area contributed by atoms with E-state index >= 15 is 0 Å². The first-order valence-corrected chi connectivity index (χ1v) is 6.82. The van der Waals surface area contributed by atoms with Crippen molar-refractivity contribution < 1.29 is 18.9 Å². The van der Waals surface area contributed by atoms with E-state index in [1.807, 2.05) is 6.07 Å². The zero-order chi connectivity index (χ0) is 17.9. The number of nitrogens with two attached hydrogens (primary N) is 1. The van der Waals surface area contributed by atoms with E-state index in [2.05, 4.69) is 4.98 Å². The predicted molar refractivity (Wildman–Crippen MR) is 87.8 cm³/mol. The molecular formula is C16H17N3O5. The van der Waals surface area contributed by atoms with Gasteiger partial charge in [0.1, 0.15) is 17.3 Å². The number of pyridine rings is 1. The summed E-state index contributed by atoms with van der Waals surface area (Å²) in [6.45, 7) is 0. The van der Waals surface area contributed by atoms with E-state index < -0.39 is 5.56 Å². The molecule has 8 nitrogen and oxygen atoms in total. The number of hydrogen-bond acceptors (Lipinski definition) is 7. The standard InChI is InChI=1S/C16H17N3O5/c1-21-10-5-8(6-11(22-2)14(10)23-3)12-9(7-17)15(20)19-16(24-4)13(12)18/h5-6H,18H2,1-4H3,(H,19,20). The molecule has 0 saturated heterocycles. The Morgan fingerprint density at radius 3 is 2.04 bits per heavy atom. The lowest BCUT2D eigenvalue weighted by molar-refractivity contribution is 0.324. The van der Waals surface area contributed by atoms with Crippen LogP contribution in [0.25, 0.3) is 11.1 Å². The van der Waals surface area contributed by atoms with Crippen LogP contribution in [0.1, 0.15) is 5.56 Å². The van der Waals surface area contributed by atoms with Crippen molar-refractivity contribution in [2.75, 3.05) is 34.2 Å². The second-order valence-corrected chi connectivity index (χ2v) is 4.68. The van der Waals surface area contributed by atoms with Crippen LogP contribution in [0.15, 0.2) is 16.9 Å². The number of nitrogen functional groups attached to an aromatic ring is 1. The lowest BCUT2D eigenvalue weighted by Gasteiger charge is -2.16. The summed E-state index contributed by atoms with van der Waals surface area (Å²) in [6, 6.07) is 5.07. The number of aromatic amines is 1. The second-order valence-electron chi connectivity index (χ2n) is 4.68. The molecule has 0 atom stereocenters. The third-order valence-corrected chi connectivity index (χ3v) is 3.49. The van der Waals surface area contributed by atoms with Crippen LogP contribution in [-0.2, 0) is 0 Å². The van der Waals surface area contributed by atoms with Crippen LogP contribution in [0, 0.1) is 11.3 Å². The maximum Gasteiger partial charge on any atom is 0.269 e. The highest BCUT2D eigenvalue weighted by atomic mass is 16.5. The number of aromatic nitrogens is 1. The van der Waals surface area contributed by atoms with Gasteiger partial charge in [0.15, 0.2) is 11.5 Å². The van der Waals surface area contributed by atoms with Gasteiger partial charge in [0.2, 0.25) is 11.6 Å². The van der Waals surface area contributed by atoms with E-state index in [9.17, 15) is 10.1 Å². The Balaban J connectivity index is 2.89. The smallest absolute Gasteiger partial charge is 0.269 e. The molecule has 0 amide bonds. The number of hydrogen-bond donors (Lipinski definition) is 2. The summed E-state index contributed by atoms with van der Waals surface area (Å²) in [5.74, 6) is 1.20. The summed E-state index contributed by atoms with van der Waals surface area (Å²) >= 11 is 0. The minimum absolute atomic E-state index is 0.0720. The second kappa shape index (κ2) is 6.83. The highest BCUT2D eigenvalue weighted by Gasteiger charge is 2.21. The Morgan fingerprint density at radius 1 is 1.04 bits per heavy atom. The maximum absolute atomic E-state index is 12.1. The number of methoxy groups -OCH3 is 4. The molecule has 1 aromatic heterocycles. The monoisotopic (exact) mass is 331 g/mol. The normalized spacial score (nSPS) is 9.96. The molecule has 0 aliphatic rings. The van der Waals surface area contributed by atoms with Crippen LogP contribution in [0.3, 0.4) is 0 Å².